The van der Waals surface area contributed by atoms with Gasteiger partial charge >= 0.3 is 0 Å². The van der Waals surface area contributed by atoms with Gasteiger partial charge in [0, 0.05) is 19.0 Å². The van der Waals surface area contributed by atoms with Gasteiger partial charge in [0.1, 0.15) is 5.82 Å². The highest BCUT2D eigenvalue weighted by atomic mass is 16.7. The minimum atomic E-state index is -0.385. The maximum absolute atomic E-state index is 5.96. The predicted octanol–water partition coefficient (Wildman–Crippen LogP) is 2.88. The van der Waals surface area contributed by atoms with Crippen LogP contribution in [0.4, 0.5) is 0 Å². The normalized spacial score (nSPS) is 23.6. The molecule has 4 rings (SSSR count). The minimum Gasteiger partial charge on any atom is -0.477 e. The first-order chi connectivity index (χ1) is 10.7. The van der Waals surface area contributed by atoms with Crippen molar-refractivity contribution >= 4 is 5.57 Å². The van der Waals surface area contributed by atoms with Crippen molar-refractivity contribution in [2.45, 2.75) is 44.8 Å². The molecule has 3 aliphatic rings. The van der Waals surface area contributed by atoms with E-state index < -0.39 is 0 Å². The van der Waals surface area contributed by atoms with E-state index in [1.807, 2.05) is 13.1 Å². The highest BCUT2D eigenvalue weighted by molar-refractivity contribution is 5.69. The highest BCUT2D eigenvalue weighted by Crippen LogP contribution is 2.40. The van der Waals surface area contributed by atoms with Crippen molar-refractivity contribution in [3.8, 4) is 5.88 Å². The maximum atomic E-state index is 5.96. The van der Waals surface area contributed by atoms with Gasteiger partial charge in [-0.15, -0.1) is 0 Å². The van der Waals surface area contributed by atoms with Crippen LogP contribution in [0.5, 0.6) is 5.88 Å². The van der Waals surface area contributed by atoms with Crippen LogP contribution < -0.4 is 4.74 Å². The van der Waals surface area contributed by atoms with E-state index in [1.165, 1.54) is 18.4 Å². The Hall–Kier alpha value is -1.46. The van der Waals surface area contributed by atoms with Crippen LogP contribution in [0.15, 0.2) is 12.3 Å². The Kier molecular flexibility index (Phi) is 3.62. The molecule has 2 heterocycles. The van der Waals surface area contributed by atoms with Crippen molar-refractivity contribution in [1.82, 2.24) is 9.97 Å². The fourth-order valence-corrected chi connectivity index (χ4v) is 3.07. The van der Waals surface area contributed by atoms with Gasteiger partial charge < -0.3 is 14.2 Å². The quantitative estimate of drug-likeness (QED) is 0.856. The molecule has 118 valence electrons. The number of hydrogen-bond acceptors (Lipinski definition) is 5. The third kappa shape index (κ3) is 2.88. The monoisotopic (exact) mass is 302 g/mol. The van der Waals surface area contributed by atoms with Crippen LogP contribution in [-0.4, -0.2) is 35.6 Å². The number of aromatic nitrogens is 2. The molecule has 5 nitrogen and oxygen atoms in total. The van der Waals surface area contributed by atoms with Gasteiger partial charge in [-0.05, 0) is 37.7 Å². The van der Waals surface area contributed by atoms with Crippen molar-refractivity contribution in [1.29, 1.82) is 0 Å². The summed E-state index contributed by atoms with van der Waals surface area (Å²) < 4.78 is 17.5. The number of allylic oxidation sites excluding steroid dienone is 1. The summed E-state index contributed by atoms with van der Waals surface area (Å²) in [5, 5.41) is 0. The third-order valence-corrected chi connectivity index (χ3v) is 4.62. The Labute approximate surface area is 130 Å². The fourth-order valence-electron chi connectivity index (χ4n) is 3.07. The summed E-state index contributed by atoms with van der Waals surface area (Å²) in [5.41, 5.74) is 2.27. The molecule has 2 aliphatic carbocycles. The Morgan fingerprint density at radius 1 is 1.32 bits per heavy atom. The predicted molar refractivity (Wildman–Crippen MR) is 81.5 cm³/mol. The molecule has 1 aromatic heterocycles. The summed E-state index contributed by atoms with van der Waals surface area (Å²) in [4.78, 5) is 8.85. The first-order valence-electron chi connectivity index (χ1n) is 8.18. The van der Waals surface area contributed by atoms with Crippen LogP contribution in [0.2, 0.25) is 0 Å². The van der Waals surface area contributed by atoms with Crippen molar-refractivity contribution < 1.29 is 14.2 Å². The highest BCUT2D eigenvalue weighted by Gasteiger charge is 2.38. The Morgan fingerprint density at radius 2 is 2.14 bits per heavy atom. The van der Waals surface area contributed by atoms with Crippen molar-refractivity contribution in [2.24, 2.45) is 5.92 Å². The van der Waals surface area contributed by atoms with Crippen LogP contribution in [0.3, 0.4) is 0 Å². The van der Waals surface area contributed by atoms with Gasteiger partial charge in [0.25, 0.3) is 0 Å². The van der Waals surface area contributed by atoms with Gasteiger partial charge in [-0.1, -0.05) is 6.08 Å². The zero-order valence-corrected chi connectivity index (χ0v) is 13.0. The molecule has 1 saturated carbocycles. The van der Waals surface area contributed by atoms with Gasteiger partial charge in [0.2, 0.25) is 5.88 Å². The van der Waals surface area contributed by atoms with Gasteiger partial charge in [-0.3, -0.25) is 0 Å². The van der Waals surface area contributed by atoms with Crippen LogP contribution in [0.1, 0.15) is 43.5 Å². The molecule has 1 spiro atoms. The largest absolute Gasteiger partial charge is 0.477 e. The van der Waals surface area contributed by atoms with E-state index in [9.17, 15) is 0 Å². The first kappa shape index (κ1) is 14.2. The van der Waals surface area contributed by atoms with E-state index in [1.54, 1.807) is 0 Å². The Bertz CT molecular complexity index is 590. The SMILES string of the molecule is Cc1ncc(C2=CCC3(CC2)OCCO3)c(OCC2CC2)n1. The lowest BCUT2D eigenvalue weighted by molar-refractivity contribution is -0.159. The zero-order valence-electron chi connectivity index (χ0n) is 13.0. The number of hydrogen-bond donors (Lipinski definition) is 0. The number of ether oxygens (including phenoxy) is 3. The molecule has 1 saturated heterocycles. The molecule has 1 aromatic rings. The smallest absolute Gasteiger partial charge is 0.224 e. The van der Waals surface area contributed by atoms with E-state index in [0.29, 0.717) is 19.1 Å². The number of rotatable bonds is 4. The van der Waals surface area contributed by atoms with Crippen LogP contribution in [0, 0.1) is 12.8 Å². The van der Waals surface area contributed by atoms with Crippen LogP contribution >= 0.6 is 0 Å². The van der Waals surface area contributed by atoms with Crippen molar-refractivity contribution in [2.75, 3.05) is 19.8 Å². The minimum absolute atomic E-state index is 0.385. The molecule has 0 aromatic carbocycles. The second-order valence-electron chi connectivity index (χ2n) is 6.43. The Morgan fingerprint density at radius 3 is 2.82 bits per heavy atom. The summed E-state index contributed by atoms with van der Waals surface area (Å²) >= 11 is 0. The molecular formula is C17H22N2O3. The first-order valence-corrected chi connectivity index (χ1v) is 8.18. The van der Waals surface area contributed by atoms with E-state index in [4.69, 9.17) is 14.2 Å². The Balaban J connectivity index is 1.54. The molecule has 0 bridgehead atoms. The average molecular weight is 302 g/mol. The summed E-state index contributed by atoms with van der Waals surface area (Å²) in [5.74, 6) is 1.82. The maximum Gasteiger partial charge on any atom is 0.224 e. The van der Waals surface area contributed by atoms with Crippen molar-refractivity contribution in [3.63, 3.8) is 0 Å². The van der Waals surface area contributed by atoms with E-state index in [-0.39, 0.29) is 5.79 Å². The van der Waals surface area contributed by atoms with Crippen molar-refractivity contribution in [3.05, 3.63) is 23.7 Å². The summed E-state index contributed by atoms with van der Waals surface area (Å²) in [7, 11) is 0. The lowest BCUT2D eigenvalue weighted by Crippen LogP contribution is -2.31. The topological polar surface area (TPSA) is 53.5 Å². The van der Waals surface area contributed by atoms with Gasteiger partial charge in [0.05, 0.1) is 25.4 Å². The van der Waals surface area contributed by atoms with E-state index in [0.717, 1.165) is 43.1 Å². The van der Waals surface area contributed by atoms with Gasteiger partial charge in [-0.2, -0.15) is 4.98 Å². The summed E-state index contributed by atoms with van der Waals surface area (Å²) in [6, 6.07) is 0. The zero-order chi connectivity index (χ0) is 15.0. The summed E-state index contributed by atoms with van der Waals surface area (Å²) in [6.45, 7) is 4.07. The third-order valence-electron chi connectivity index (χ3n) is 4.62. The second kappa shape index (κ2) is 5.63. The van der Waals surface area contributed by atoms with E-state index >= 15 is 0 Å². The van der Waals surface area contributed by atoms with Crippen LogP contribution in [-0.2, 0) is 9.47 Å². The molecule has 0 N–H and O–H groups in total. The van der Waals surface area contributed by atoms with Crippen LogP contribution in [0.25, 0.3) is 5.57 Å². The number of aryl methyl sites for hydroxylation is 1. The molecule has 0 amide bonds. The fraction of sp³-hybridized carbons (Fsp3) is 0.647. The lowest BCUT2D eigenvalue weighted by atomic mass is 9.90. The van der Waals surface area contributed by atoms with E-state index in [2.05, 4.69) is 16.0 Å². The standard InChI is InChI=1S/C17H22N2O3/c1-12-18-10-15(16(19-12)20-11-13-2-3-13)14-4-6-17(7-5-14)21-8-9-22-17/h4,10,13H,2-3,5-9,11H2,1H3. The lowest BCUT2D eigenvalue weighted by Gasteiger charge is -2.30. The molecule has 0 unspecified atom stereocenters. The van der Waals surface area contributed by atoms with Gasteiger partial charge in [0.15, 0.2) is 5.79 Å². The molecule has 0 radical (unpaired) electrons. The molecule has 5 heteroatoms. The molecule has 2 fully saturated rings. The summed E-state index contributed by atoms with van der Waals surface area (Å²) in [6.07, 6.45) is 9.23. The molecule has 22 heavy (non-hydrogen) atoms. The molecule has 0 atom stereocenters. The molecule has 1 aliphatic heterocycles. The second-order valence-corrected chi connectivity index (χ2v) is 6.43. The average Bonchev–Trinajstić information content (AvgIpc) is 3.26. The van der Waals surface area contributed by atoms with Gasteiger partial charge in [-0.25, -0.2) is 4.98 Å². The molecular weight excluding hydrogens is 280 g/mol. The number of nitrogens with zero attached hydrogens (tertiary/aromatic N) is 2.